The molecular formula is C31H30ClFN2O6S. The first-order chi connectivity index (χ1) is 20.1. The third-order valence-electron chi connectivity index (χ3n) is 7.01. The monoisotopic (exact) mass is 612 g/mol. The number of benzene rings is 3. The molecule has 5 rings (SSSR count). The van der Waals surface area contributed by atoms with Gasteiger partial charge in [0.25, 0.3) is 5.91 Å². The van der Waals surface area contributed by atoms with Crippen LogP contribution < -0.4 is 10.0 Å². The van der Waals surface area contributed by atoms with Crippen molar-refractivity contribution in [2.45, 2.75) is 30.6 Å². The van der Waals surface area contributed by atoms with Gasteiger partial charge in [0.15, 0.2) is 0 Å². The van der Waals surface area contributed by atoms with Crippen molar-refractivity contribution in [3.05, 3.63) is 100 Å². The van der Waals surface area contributed by atoms with Crippen LogP contribution in [-0.2, 0) is 25.2 Å². The van der Waals surface area contributed by atoms with Crippen molar-refractivity contribution < 1.29 is 31.5 Å². The molecular weight excluding hydrogens is 583 g/mol. The van der Waals surface area contributed by atoms with Crippen molar-refractivity contribution in [3.63, 3.8) is 0 Å². The minimum atomic E-state index is -3.88. The van der Waals surface area contributed by atoms with E-state index in [1.54, 1.807) is 30.3 Å². The highest BCUT2D eigenvalue weighted by Gasteiger charge is 2.31. The van der Waals surface area contributed by atoms with Gasteiger partial charge in [0.05, 0.1) is 17.0 Å². The number of hydrogen-bond acceptors (Lipinski definition) is 6. The average Bonchev–Trinajstić information content (AvgIpc) is 3.74. The minimum Gasteiger partial charge on any atom is -0.455 e. The predicted molar refractivity (Wildman–Crippen MR) is 161 cm³/mol. The van der Waals surface area contributed by atoms with Crippen molar-refractivity contribution in [3.8, 4) is 11.3 Å². The van der Waals surface area contributed by atoms with E-state index in [0.717, 1.165) is 18.4 Å². The van der Waals surface area contributed by atoms with Gasteiger partial charge in [0.1, 0.15) is 30.1 Å². The number of anilines is 1. The quantitative estimate of drug-likeness (QED) is 0.133. The Kier molecular flexibility index (Phi) is 8.70. The Morgan fingerprint density at radius 1 is 1.19 bits per heavy atom. The van der Waals surface area contributed by atoms with Crippen LogP contribution in [0, 0.1) is 5.82 Å². The van der Waals surface area contributed by atoms with Gasteiger partial charge in [-0.15, -0.1) is 6.58 Å². The van der Waals surface area contributed by atoms with Crippen molar-refractivity contribution in [1.29, 1.82) is 0 Å². The van der Waals surface area contributed by atoms with Crippen LogP contribution in [0.25, 0.3) is 22.3 Å². The first-order valence-electron chi connectivity index (χ1n) is 13.2. The van der Waals surface area contributed by atoms with E-state index >= 15 is 0 Å². The van der Waals surface area contributed by atoms with E-state index in [4.69, 9.17) is 25.5 Å². The zero-order valence-electron chi connectivity index (χ0n) is 23.1. The van der Waals surface area contributed by atoms with Crippen LogP contribution in [0.4, 0.5) is 10.1 Å². The first-order valence-corrected chi connectivity index (χ1v) is 15.3. The normalized spacial score (nSPS) is 14.1. The summed E-state index contributed by atoms with van der Waals surface area (Å²) in [4.78, 5) is 12.9. The number of methoxy groups -OCH3 is 1. The van der Waals surface area contributed by atoms with E-state index in [9.17, 15) is 17.6 Å². The van der Waals surface area contributed by atoms with E-state index < -0.39 is 21.9 Å². The number of furan rings is 1. The second kappa shape index (κ2) is 12.3. The van der Waals surface area contributed by atoms with E-state index in [1.807, 2.05) is 6.07 Å². The Balaban J connectivity index is 1.48. The number of ether oxygens (including phenoxy) is 2. The fourth-order valence-corrected chi connectivity index (χ4v) is 6.39. The number of halogens is 2. The van der Waals surface area contributed by atoms with Gasteiger partial charge < -0.3 is 19.2 Å². The third-order valence-corrected chi connectivity index (χ3v) is 8.58. The summed E-state index contributed by atoms with van der Waals surface area (Å²) in [5.41, 5.74) is 3.44. The van der Waals surface area contributed by atoms with Crippen LogP contribution >= 0.6 is 11.6 Å². The maximum Gasteiger partial charge on any atom is 0.255 e. The molecule has 0 radical (unpaired) electrons. The lowest BCUT2D eigenvalue weighted by Crippen LogP contribution is -2.18. The molecule has 0 spiro atoms. The molecule has 42 heavy (non-hydrogen) atoms. The smallest absolute Gasteiger partial charge is 0.255 e. The number of rotatable bonds is 12. The number of carbonyl (C=O) groups is 1. The van der Waals surface area contributed by atoms with Gasteiger partial charge in [-0.1, -0.05) is 29.8 Å². The summed E-state index contributed by atoms with van der Waals surface area (Å²) in [6, 6.07) is 14.0. The van der Waals surface area contributed by atoms with Crippen LogP contribution in [0.2, 0.25) is 5.02 Å². The Morgan fingerprint density at radius 3 is 2.55 bits per heavy atom. The zero-order valence-corrected chi connectivity index (χ0v) is 24.6. The van der Waals surface area contributed by atoms with E-state index in [2.05, 4.69) is 16.6 Å². The van der Waals surface area contributed by atoms with Crippen LogP contribution in [-0.4, -0.2) is 35.3 Å². The number of carbonyl (C=O) groups excluding carboxylic acids is 1. The van der Waals surface area contributed by atoms with Gasteiger partial charge in [-0.05, 0) is 66.3 Å². The fourth-order valence-electron chi connectivity index (χ4n) is 4.88. The van der Waals surface area contributed by atoms with Gasteiger partial charge in [0, 0.05) is 41.8 Å². The molecule has 3 aromatic carbocycles. The minimum absolute atomic E-state index is 0.0480. The number of sulfonamides is 1. The average molecular weight is 613 g/mol. The predicted octanol–water partition coefficient (Wildman–Crippen LogP) is 6.92. The third kappa shape index (κ3) is 6.37. The second-order valence-electron chi connectivity index (χ2n) is 10.0. The number of fused-ring (bicyclic) bond motifs is 1. The van der Waals surface area contributed by atoms with Gasteiger partial charge in [-0.2, -0.15) is 0 Å². The standard InChI is InChI=1S/C31H30ClFN2O6S/c1-4-27(40-17-39-3)22-12-5-18(13-25(22)32)16-42(37,38)35-26-15-28-24(14-23(26)19-6-7-19)29(31(36)34-2)30(41-28)20-8-10-21(33)11-9-20/h4-5,8-15,19,27,35H,1,6-7,16-17H2,2-3H3,(H,34,36). The molecule has 0 aliphatic heterocycles. The van der Waals surface area contributed by atoms with Crippen LogP contribution in [0.5, 0.6) is 0 Å². The molecule has 1 amide bonds. The summed E-state index contributed by atoms with van der Waals surface area (Å²) in [6.07, 6.45) is 2.86. The summed E-state index contributed by atoms with van der Waals surface area (Å²) < 4.78 is 59.7. The van der Waals surface area contributed by atoms with Crippen molar-refractivity contribution in [2.75, 3.05) is 25.7 Å². The van der Waals surface area contributed by atoms with Crippen molar-refractivity contribution in [2.24, 2.45) is 0 Å². The molecule has 1 atom stereocenters. The summed E-state index contributed by atoms with van der Waals surface area (Å²) in [7, 11) is -0.855. The summed E-state index contributed by atoms with van der Waals surface area (Å²) in [6.45, 7) is 3.81. The van der Waals surface area contributed by atoms with Crippen molar-refractivity contribution in [1.82, 2.24) is 5.32 Å². The van der Waals surface area contributed by atoms with Gasteiger partial charge >= 0.3 is 0 Å². The number of hydrogen-bond donors (Lipinski definition) is 2. The molecule has 0 saturated heterocycles. The lowest BCUT2D eigenvalue weighted by Gasteiger charge is -2.16. The maximum absolute atomic E-state index is 13.6. The molecule has 4 aromatic rings. The van der Waals surface area contributed by atoms with Crippen LogP contribution in [0.15, 0.2) is 71.7 Å². The lowest BCUT2D eigenvalue weighted by molar-refractivity contribution is -0.0565. The highest BCUT2D eigenvalue weighted by Crippen LogP contribution is 2.47. The maximum atomic E-state index is 13.6. The topological polar surface area (TPSA) is 107 Å². The molecule has 8 nitrogen and oxygen atoms in total. The summed E-state index contributed by atoms with van der Waals surface area (Å²) in [5, 5.41) is 3.53. The molecule has 1 unspecified atom stereocenters. The van der Waals surface area contributed by atoms with Gasteiger partial charge in [-0.25, -0.2) is 12.8 Å². The summed E-state index contributed by atoms with van der Waals surface area (Å²) in [5.74, 6) is -0.691. The Bertz CT molecular complexity index is 1750. The molecule has 1 saturated carbocycles. The molecule has 1 aliphatic rings. The zero-order chi connectivity index (χ0) is 30.0. The van der Waals surface area contributed by atoms with E-state index in [0.29, 0.717) is 43.9 Å². The Labute approximate surface area is 248 Å². The molecule has 1 heterocycles. The Morgan fingerprint density at radius 2 is 1.93 bits per heavy atom. The lowest BCUT2D eigenvalue weighted by atomic mass is 10.0. The van der Waals surface area contributed by atoms with Crippen LogP contribution in [0.3, 0.4) is 0 Å². The van der Waals surface area contributed by atoms with E-state index in [1.165, 1.54) is 38.4 Å². The highest BCUT2D eigenvalue weighted by atomic mass is 35.5. The first kappa shape index (κ1) is 29.8. The molecule has 0 bridgehead atoms. The fraction of sp³-hybridized carbons (Fsp3) is 0.258. The summed E-state index contributed by atoms with van der Waals surface area (Å²) >= 11 is 6.48. The second-order valence-corrected chi connectivity index (χ2v) is 12.2. The molecule has 11 heteroatoms. The highest BCUT2D eigenvalue weighted by molar-refractivity contribution is 7.91. The molecule has 2 N–H and O–H groups in total. The van der Waals surface area contributed by atoms with E-state index in [-0.39, 0.29) is 30.1 Å². The SMILES string of the molecule is C=CC(OCOC)c1ccc(CS(=O)(=O)Nc2cc3oc(-c4ccc(F)cc4)c(C(=O)NC)c3cc2C2CC2)cc1Cl. The molecule has 1 fully saturated rings. The Hall–Kier alpha value is -3.70. The van der Waals surface area contributed by atoms with Crippen LogP contribution in [0.1, 0.15) is 51.9 Å². The molecule has 220 valence electrons. The van der Waals surface area contributed by atoms with Gasteiger partial charge in [0.2, 0.25) is 10.0 Å². The number of amides is 1. The number of nitrogens with one attached hydrogen (secondary N) is 2. The molecule has 1 aromatic heterocycles. The molecule has 1 aliphatic carbocycles. The largest absolute Gasteiger partial charge is 0.455 e. The van der Waals surface area contributed by atoms with Crippen molar-refractivity contribution >= 4 is 44.2 Å². The van der Waals surface area contributed by atoms with Gasteiger partial charge in [-0.3, -0.25) is 9.52 Å².